The first-order chi connectivity index (χ1) is 9.05. The predicted octanol–water partition coefficient (Wildman–Crippen LogP) is 2.26. The van der Waals surface area contributed by atoms with Gasteiger partial charge in [0.15, 0.2) is 0 Å². The van der Waals surface area contributed by atoms with Gasteiger partial charge >= 0.3 is 0 Å². The molecule has 0 saturated heterocycles. The van der Waals surface area contributed by atoms with Crippen molar-refractivity contribution in [1.29, 1.82) is 0 Å². The average Bonchev–Trinajstić information content (AvgIpc) is 2.37. The summed E-state index contributed by atoms with van der Waals surface area (Å²) in [5.41, 5.74) is 0.935. The predicted molar refractivity (Wildman–Crippen MR) is 82.5 cm³/mol. The summed E-state index contributed by atoms with van der Waals surface area (Å²) in [6.45, 7) is 3.79. The van der Waals surface area contributed by atoms with E-state index in [0.717, 1.165) is 29.4 Å². The van der Waals surface area contributed by atoms with Gasteiger partial charge in [-0.15, -0.1) is 0 Å². The molecule has 1 rings (SSSR count). The Bertz CT molecular complexity index is 477. The summed E-state index contributed by atoms with van der Waals surface area (Å²) in [6.07, 6.45) is 2.18. The van der Waals surface area contributed by atoms with Gasteiger partial charge in [0.2, 0.25) is 10.0 Å². The fourth-order valence-electron chi connectivity index (χ4n) is 1.53. The van der Waals surface area contributed by atoms with Crippen molar-refractivity contribution in [2.24, 2.45) is 0 Å². The van der Waals surface area contributed by atoms with Crippen LogP contribution in [-0.2, 0) is 16.6 Å². The van der Waals surface area contributed by atoms with Crippen LogP contribution in [0, 0.1) is 0 Å². The van der Waals surface area contributed by atoms with E-state index < -0.39 is 10.0 Å². The molecule has 0 bridgehead atoms. The van der Waals surface area contributed by atoms with Crippen molar-refractivity contribution < 1.29 is 8.42 Å². The van der Waals surface area contributed by atoms with Crippen LogP contribution in [0.4, 0.5) is 0 Å². The topological polar surface area (TPSA) is 58.2 Å². The lowest BCUT2D eigenvalue weighted by Gasteiger charge is -2.08. The average molecular weight is 349 g/mol. The van der Waals surface area contributed by atoms with Gasteiger partial charge in [-0.25, -0.2) is 13.1 Å². The molecular weight excluding hydrogens is 328 g/mol. The minimum atomic E-state index is -3.22. The molecule has 6 heteroatoms. The van der Waals surface area contributed by atoms with Crippen LogP contribution in [0.15, 0.2) is 28.7 Å². The monoisotopic (exact) mass is 348 g/mol. The highest BCUT2D eigenvalue weighted by Gasteiger charge is 2.10. The molecule has 0 aliphatic rings. The summed E-state index contributed by atoms with van der Waals surface area (Å²) in [4.78, 5) is 0. The van der Waals surface area contributed by atoms with Gasteiger partial charge in [-0.1, -0.05) is 47.5 Å². The zero-order chi connectivity index (χ0) is 14.1. The Kier molecular flexibility index (Phi) is 7.60. The van der Waals surface area contributed by atoms with E-state index in [2.05, 4.69) is 32.9 Å². The van der Waals surface area contributed by atoms with Gasteiger partial charge in [0, 0.05) is 17.6 Å². The minimum absolute atomic E-state index is 0.112. The second-order valence-electron chi connectivity index (χ2n) is 4.33. The van der Waals surface area contributed by atoms with Gasteiger partial charge in [0.25, 0.3) is 0 Å². The first-order valence-electron chi connectivity index (χ1n) is 6.46. The number of hydrogen-bond acceptors (Lipinski definition) is 3. The number of unbranched alkanes of at least 4 members (excludes halogenated alkanes) is 1. The second-order valence-corrected chi connectivity index (χ2v) is 7.12. The number of hydrogen-bond donors (Lipinski definition) is 2. The van der Waals surface area contributed by atoms with Crippen LogP contribution in [0.3, 0.4) is 0 Å². The summed E-state index contributed by atoms with van der Waals surface area (Å²) in [5.74, 6) is 0.112. The van der Waals surface area contributed by atoms with E-state index in [0.29, 0.717) is 13.1 Å². The van der Waals surface area contributed by atoms with Crippen molar-refractivity contribution in [3.05, 3.63) is 34.3 Å². The van der Waals surface area contributed by atoms with Crippen LogP contribution in [0.1, 0.15) is 25.3 Å². The van der Waals surface area contributed by atoms with Crippen molar-refractivity contribution >= 4 is 26.0 Å². The molecule has 0 heterocycles. The van der Waals surface area contributed by atoms with Crippen molar-refractivity contribution in [3.63, 3.8) is 0 Å². The second kappa shape index (κ2) is 8.68. The van der Waals surface area contributed by atoms with Crippen molar-refractivity contribution in [1.82, 2.24) is 10.0 Å². The lowest BCUT2D eigenvalue weighted by Crippen LogP contribution is -2.32. The minimum Gasteiger partial charge on any atom is -0.316 e. The molecule has 0 saturated carbocycles. The van der Waals surface area contributed by atoms with Crippen LogP contribution in [0.2, 0.25) is 0 Å². The summed E-state index contributed by atoms with van der Waals surface area (Å²) < 4.78 is 27.1. The maximum absolute atomic E-state index is 11.8. The summed E-state index contributed by atoms with van der Waals surface area (Å²) in [7, 11) is -3.22. The molecule has 0 aliphatic heterocycles. The van der Waals surface area contributed by atoms with Crippen LogP contribution < -0.4 is 10.0 Å². The zero-order valence-corrected chi connectivity index (χ0v) is 13.6. The Labute approximate surface area is 124 Å². The van der Waals surface area contributed by atoms with E-state index in [-0.39, 0.29) is 5.75 Å². The Morgan fingerprint density at radius 3 is 2.63 bits per heavy atom. The Balaban J connectivity index is 2.33. The standard InChI is InChI=1S/C13H21BrN2O2S/c1-2-3-8-15-9-10-19(17,18)16-11-12-6-4-5-7-13(12)14/h4-7,15-16H,2-3,8-11H2,1H3. The van der Waals surface area contributed by atoms with E-state index in [4.69, 9.17) is 0 Å². The Morgan fingerprint density at radius 1 is 1.21 bits per heavy atom. The van der Waals surface area contributed by atoms with Gasteiger partial charge in [-0.05, 0) is 24.6 Å². The van der Waals surface area contributed by atoms with Crippen LogP contribution >= 0.6 is 15.9 Å². The van der Waals surface area contributed by atoms with E-state index in [1.54, 1.807) is 0 Å². The van der Waals surface area contributed by atoms with Crippen LogP contribution in [0.25, 0.3) is 0 Å². The quantitative estimate of drug-likeness (QED) is 0.673. The first kappa shape index (κ1) is 16.6. The molecule has 1 aromatic rings. The Hall–Kier alpha value is -0.430. The van der Waals surface area contributed by atoms with Crippen molar-refractivity contribution in [3.8, 4) is 0 Å². The highest BCUT2D eigenvalue weighted by molar-refractivity contribution is 9.10. The number of nitrogens with one attached hydrogen (secondary N) is 2. The molecule has 0 unspecified atom stereocenters. The third kappa shape index (κ3) is 7.06. The molecule has 0 atom stereocenters. The largest absolute Gasteiger partial charge is 0.316 e. The maximum atomic E-state index is 11.8. The first-order valence-corrected chi connectivity index (χ1v) is 8.91. The Morgan fingerprint density at radius 2 is 1.95 bits per heavy atom. The third-order valence-corrected chi connectivity index (χ3v) is 4.79. The molecule has 0 amide bonds. The number of rotatable bonds is 9. The number of benzene rings is 1. The van der Waals surface area contributed by atoms with Crippen LogP contribution in [0.5, 0.6) is 0 Å². The zero-order valence-electron chi connectivity index (χ0n) is 11.2. The molecule has 0 fully saturated rings. The van der Waals surface area contributed by atoms with Gasteiger partial charge in [0.05, 0.1) is 5.75 Å². The lowest BCUT2D eigenvalue weighted by atomic mass is 10.2. The SMILES string of the molecule is CCCCNCCS(=O)(=O)NCc1ccccc1Br. The van der Waals surface area contributed by atoms with Gasteiger partial charge < -0.3 is 5.32 Å². The van der Waals surface area contributed by atoms with Crippen molar-refractivity contribution in [2.75, 3.05) is 18.8 Å². The van der Waals surface area contributed by atoms with E-state index >= 15 is 0 Å². The van der Waals surface area contributed by atoms with E-state index in [9.17, 15) is 8.42 Å². The van der Waals surface area contributed by atoms with Crippen molar-refractivity contribution in [2.45, 2.75) is 26.3 Å². The fourth-order valence-corrected chi connectivity index (χ4v) is 2.89. The molecule has 1 aromatic carbocycles. The normalized spacial score (nSPS) is 11.7. The maximum Gasteiger partial charge on any atom is 0.213 e. The number of sulfonamides is 1. The molecule has 0 radical (unpaired) electrons. The molecule has 19 heavy (non-hydrogen) atoms. The van der Waals surface area contributed by atoms with E-state index in [1.165, 1.54) is 0 Å². The number of halogens is 1. The smallest absolute Gasteiger partial charge is 0.213 e. The summed E-state index contributed by atoms with van der Waals surface area (Å²) in [5, 5.41) is 3.12. The highest BCUT2D eigenvalue weighted by Crippen LogP contribution is 2.15. The van der Waals surface area contributed by atoms with Gasteiger partial charge in [-0.2, -0.15) is 0 Å². The lowest BCUT2D eigenvalue weighted by molar-refractivity contribution is 0.574. The molecule has 108 valence electrons. The summed E-state index contributed by atoms with van der Waals surface area (Å²) >= 11 is 3.40. The molecule has 0 aliphatic carbocycles. The summed E-state index contributed by atoms with van der Waals surface area (Å²) in [6, 6.07) is 7.59. The molecule has 0 aromatic heterocycles. The van der Waals surface area contributed by atoms with E-state index in [1.807, 2.05) is 24.3 Å². The molecule has 4 nitrogen and oxygen atoms in total. The molecule has 0 spiro atoms. The molecule has 2 N–H and O–H groups in total. The van der Waals surface area contributed by atoms with Gasteiger partial charge in [0.1, 0.15) is 0 Å². The highest BCUT2D eigenvalue weighted by atomic mass is 79.9. The van der Waals surface area contributed by atoms with Crippen LogP contribution in [-0.4, -0.2) is 27.3 Å². The molecular formula is C13H21BrN2O2S. The third-order valence-electron chi connectivity index (χ3n) is 2.70. The fraction of sp³-hybridized carbons (Fsp3) is 0.538. The van der Waals surface area contributed by atoms with Gasteiger partial charge in [-0.3, -0.25) is 0 Å².